The van der Waals surface area contributed by atoms with Crippen LogP contribution in [-0.4, -0.2) is 64.7 Å². The molecule has 2 aliphatic heterocycles. The summed E-state index contributed by atoms with van der Waals surface area (Å²) < 4.78 is 5.14. The molecule has 0 radical (unpaired) electrons. The molecule has 2 heterocycles. The van der Waals surface area contributed by atoms with Gasteiger partial charge in [0.15, 0.2) is 0 Å². The van der Waals surface area contributed by atoms with E-state index in [0.717, 1.165) is 5.56 Å². The Morgan fingerprint density at radius 2 is 1.80 bits per heavy atom. The molecule has 1 aromatic rings. The molecule has 2 aliphatic rings. The van der Waals surface area contributed by atoms with Crippen LogP contribution in [0.1, 0.15) is 58.4 Å². The van der Waals surface area contributed by atoms with E-state index in [1.807, 2.05) is 30.3 Å². The van der Waals surface area contributed by atoms with Gasteiger partial charge in [0.05, 0.1) is 6.04 Å². The van der Waals surface area contributed by atoms with Gasteiger partial charge in [-0.25, -0.2) is 9.59 Å². The molecule has 3 N–H and O–H groups in total. The van der Waals surface area contributed by atoms with Crippen LogP contribution in [0.3, 0.4) is 0 Å². The smallest absolute Gasteiger partial charge is 0.407 e. The fourth-order valence-corrected chi connectivity index (χ4v) is 3.98. The number of rotatable bonds is 9. The highest BCUT2D eigenvalue weighted by molar-refractivity contribution is 5.90. The van der Waals surface area contributed by atoms with Crippen LogP contribution in [0.2, 0.25) is 0 Å². The van der Waals surface area contributed by atoms with Crippen molar-refractivity contribution >= 4 is 23.9 Å². The first-order valence-corrected chi connectivity index (χ1v) is 12.0. The molecule has 2 bridgehead atoms. The van der Waals surface area contributed by atoms with Crippen LogP contribution < -0.4 is 16.2 Å². The number of carbonyl (C=O) groups excluding carboxylic acids is 4. The topological polar surface area (TPSA) is 129 Å². The van der Waals surface area contributed by atoms with E-state index in [4.69, 9.17) is 9.57 Å². The number of urea groups is 1. The second-order valence-corrected chi connectivity index (χ2v) is 9.69. The lowest BCUT2D eigenvalue weighted by molar-refractivity contribution is -0.140. The number of unbranched alkanes of at least 4 members (excludes halogenated alkanes) is 1. The molecular formula is C24H35N5O6. The highest BCUT2D eigenvalue weighted by Gasteiger charge is 2.48. The van der Waals surface area contributed by atoms with Crippen molar-refractivity contribution in [3.8, 4) is 0 Å². The number of alkyl carbamates (subject to hydrolysis) is 1. The van der Waals surface area contributed by atoms with Crippen molar-refractivity contribution in [2.75, 3.05) is 13.1 Å². The first-order chi connectivity index (χ1) is 16.6. The number of nitrogens with one attached hydrogen (secondary N) is 3. The summed E-state index contributed by atoms with van der Waals surface area (Å²) in [6.07, 6.45) is 1.93. The standard InChI is InChI=1S/C24H35N5O6/c1-24(2,3)35-22(32)25-14-8-7-11-20(30)26-27-21(31)19-13-12-18-15-28(19)23(33)29(18)34-16-17-9-5-4-6-10-17/h4-6,9-10,18-19H,7-8,11-16H2,1-3H3,(H,25,32)(H,26,30)(H,27,31)/t18-,19-/m0/s1. The second kappa shape index (κ2) is 11.9. The Balaban J connectivity index is 1.34. The number of carbonyl (C=O) groups is 4. The van der Waals surface area contributed by atoms with Crippen LogP contribution in [0.5, 0.6) is 0 Å². The number of fused-ring (bicyclic) bond motifs is 2. The zero-order valence-electron chi connectivity index (χ0n) is 20.5. The average Bonchev–Trinajstić information content (AvgIpc) is 3.04. The Hall–Kier alpha value is -3.34. The van der Waals surface area contributed by atoms with Crippen LogP contribution in [0.25, 0.3) is 0 Å². The molecule has 0 saturated carbocycles. The fraction of sp³-hybridized carbons (Fsp3) is 0.583. The number of nitrogens with zero attached hydrogens (tertiary/aromatic N) is 2. The average molecular weight is 490 g/mol. The first kappa shape index (κ1) is 26.3. The predicted molar refractivity (Wildman–Crippen MR) is 126 cm³/mol. The van der Waals surface area contributed by atoms with Gasteiger partial charge in [0.25, 0.3) is 5.91 Å². The molecule has 5 amide bonds. The number of hydroxylamine groups is 2. The van der Waals surface area contributed by atoms with Crippen molar-refractivity contribution in [1.29, 1.82) is 0 Å². The molecule has 192 valence electrons. The van der Waals surface area contributed by atoms with Gasteiger partial charge in [0.1, 0.15) is 18.2 Å². The van der Waals surface area contributed by atoms with Crippen LogP contribution in [0, 0.1) is 0 Å². The highest BCUT2D eigenvalue weighted by Crippen LogP contribution is 2.30. The van der Waals surface area contributed by atoms with Gasteiger partial charge < -0.3 is 15.0 Å². The molecule has 3 rings (SSSR count). The molecule has 1 aromatic carbocycles. The summed E-state index contributed by atoms with van der Waals surface area (Å²) in [5.74, 6) is -0.772. The summed E-state index contributed by atoms with van der Waals surface area (Å²) in [6.45, 7) is 6.42. The quantitative estimate of drug-likeness (QED) is 0.360. The van der Waals surface area contributed by atoms with Gasteiger partial charge in [0.2, 0.25) is 5.91 Å². The maximum atomic E-state index is 12.8. The minimum Gasteiger partial charge on any atom is -0.444 e. The minimum absolute atomic E-state index is 0.0980. The van der Waals surface area contributed by atoms with E-state index in [1.165, 1.54) is 9.96 Å². The van der Waals surface area contributed by atoms with E-state index in [9.17, 15) is 19.2 Å². The van der Waals surface area contributed by atoms with Crippen molar-refractivity contribution in [3.63, 3.8) is 0 Å². The maximum absolute atomic E-state index is 12.8. The third-order valence-corrected chi connectivity index (χ3v) is 5.66. The minimum atomic E-state index is -0.664. The lowest BCUT2D eigenvalue weighted by atomic mass is 10.0. The van der Waals surface area contributed by atoms with Crippen molar-refractivity contribution < 1.29 is 28.8 Å². The summed E-state index contributed by atoms with van der Waals surface area (Å²) in [6, 6.07) is 8.46. The zero-order chi connectivity index (χ0) is 25.4. The van der Waals surface area contributed by atoms with Gasteiger partial charge in [-0.2, -0.15) is 5.06 Å². The Kier molecular flexibility index (Phi) is 8.91. The third-order valence-electron chi connectivity index (χ3n) is 5.66. The van der Waals surface area contributed by atoms with Gasteiger partial charge in [-0.1, -0.05) is 30.3 Å². The molecule has 0 spiro atoms. The monoisotopic (exact) mass is 489 g/mol. The molecule has 2 saturated heterocycles. The number of amides is 5. The van der Waals surface area contributed by atoms with E-state index in [-0.39, 0.29) is 31.0 Å². The van der Waals surface area contributed by atoms with E-state index >= 15 is 0 Å². The third kappa shape index (κ3) is 7.84. The second-order valence-electron chi connectivity index (χ2n) is 9.69. The number of ether oxygens (including phenoxy) is 1. The van der Waals surface area contributed by atoms with Crippen LogP contribution >= 0.6 is 0 Å². The molecule has 0 aromatic heterocycles. The van der Waals surface area contributed by atoms with E-state index in [2.05, 4.69) is 16.2 Å². The van der Waals surface area contributed by atoms with Crippen molar-refractivity contribution in [1.82, 2.24) is 26.1 Å². The molecular weight excluding hydrogens is 454 g/mol. The van der Waals surface area contributed by atoms with Crippen LogP contribution in [0.4, 0.5) is 9.59 Å². The zero-order valence-corrected chi connectivity index (χ0v) is 20.5. The van der Waals surface area contributed by atoms with Crippen molar-refractivity contribution in [3.05, 3.63) is 35.9 Å². The molecule has 0 unspecified atom stereocenters. The van der Waals surface area contributed by atoms with E-state index in [0.29, 0.717) is 38.8 Å². The number of hydrogen-bond acceptors (Lipinski definition) is 6. The number of piperidine rings is 1. The number of hydrogen-bond donors (Lipinski definition) is 3. The van der Waals surface area contributed by atoms with Gasteiger partial charge in [-0.15, -0.1) is 0 Å². The summed E-state index contributed by atoms with van der Waals surface area (Å²) in [7, 11) is 0. The van der Waals surface area contributed by atoms with E-state index in [1.54, 1.807) is 20.8 Å². The predicted octanol–water partition coefficient (Wildman–Crippen LogP) is 2.23. The fourth-order valence-electron chi connectivity index (χ4n) is 3.98. The first-order valence-electron chi connectivity index (χ1n) is 12.0. The summed E-state index contributed by atoms with van der Waals surface area (Å²) in [4.78, 5) is 56.3. The molecule has 11 heteroatoms. The van der Waals surface area contributed by atoms with Gasteiger partial charge in [-0.3, -0.25) is 25.3 Å². The lowest BCUT2D eigenvalue weighted by Crippen LogP contribution is -2.54. The van der Waals surface area contributed by atoms with E-state index < -0.39 is 23.6 Å². The van der Waals surface area contributed by atoms with Gasteiger partial charge in [-0.05, 0) is 52.0 Å². The van der Waals surface area contributed by atoms with Crippen molar-refractivity contribution in [2.45, 2.75) is 77.2 Å². The Morgan fingerprint density at radius 1 is 1.06 bits per heavy atom. The maximum Gasteiger partial charge on any atom is 0.407 e. The number of hydrazine groups is 1. The number of benzene rings is 1. The van der Waals surface area contributed by atoms with Gasteiger partial charge >= 0.3 is 12.1 Å². The van der Waals surface area contributed by atoms with Crippen LogP contribution in [0.15, 0.2) is 30.3 Å². The largest absolute Gasteiger partial charge is 0.444 e. The highest BCUT2D eigenvalue weighted by atomic mass is 16.7. The molecule has 0 aliphatic carbocycles. The molecule has 2 atom stereocenters. The summed E-state index contributed by atoms with van der Waals surface area (Å²) in [5, 5.41) is 4.00. The molecule has 35 heavy (non-hydrogen) atoms. The summed E-state index contributed by atoms with van der Waals surface area (Å²) >= 11 is 0. The lowest BCUT2D eigenvalue weighted by Gasteiger charge is -2.29. The summed E-state index contributed by atoms with van der Waals surface area (Å²) in [5.41, 5.74) is 5.23. The Bertz CT molecular complexity index is 903. The van der Waals surface area contributed by atoms with Gasteiger partial charge in [0, 0.05) is 19.5 Å². The normalized spacial score (nSPS) is 19.3. The molecule has 2 fully saturated rings. The van der Waals surface area contributed by atoms with Crippen molar-refractivity contribution in [2.24, 2.45) is 0 Å². The Morgan fingerprint density at radius 3 is 2.51 bits per heavy atom. The SMILES string of the molecule is CC(C)(C)OC(=O)NCCCCC(=O)NNC(=O)[C@@H]1CC[C@H]2CN1C(=O)N2OCc1ccccc1. The molecule has 11 nitrogen and oxygen atoms in total. The van der Waals surface area contributed by atoms with Crippen LogP contribution in [-0.2, 0) is 25.8 Å². The Labute approximate surface area is 205 Å².